The summed E-state index contributed by atoms with van der Waals surface area (Å²) in [5.74, 6) is -2.75. The number of carboxylic acids is 1. The van der Waals surface area contributed by atoms with E-state index in [0.717, 1.165) is 40.2 Å². The van der Waals surface area contributed by atoms with E-state index in [9.17, 15) is 18.0 Å². The molecule has 0 saturated heterocycles. The number of nitrogens with one attached hydrogen (secondary N) is 2. The maximum Gasteiger partial charge on any atom is 0.490 e. The van der Waals surface area contributed by atoms with Crippen molar-refractivity contribution in [1.29, 1.82) is 0 Å². The molecule has 6 nitrogen and oxygen atoms in total. The summed E-state index contributed by atoms with van der Waals surface area (Å²) in [6, 6.07) is 8.00. The first kappa shape index (κ1) is 19.6. The Morgan fingerprint density at radius 2 is 1.96 bits per heavy atom. The van der Waals surface area contributed by atoms with Gasteiger partial charge >= 0.3 is 12.1 Å². The van der Waals surface area contributed by atoms with Crippen LogP contribution in [-0.2, 0) is 11.2 Å². The lowest BCUT2D eigenvalue weighted by molar-refractivity contribution is -0.192. The predicted molar refractivity (Wildman–Crippen MR) is 97.1 cm³/mol. The van der Waals surface area contributed by atoms with Crippen LogP contribution in [0.5, 0.6) is 0 Å². The molecule has 3 aromatic heterocycles. The summed E-state index contributed by atoms with van der Waals surface area (Å²) in [6.45, 7) is 0.697. The molecule has 0 radical (unpaired) electrons. The molecule has 3 aromatic rings. The van der Waals surface area contributed by atoms with Crippen molar-refractivity contribution in [3.05, 3.63) is 52.5 Å². The number of hydrogen-bond donors (Lipinski definition) is 3. The van der Waals surface area contributed by atoms with Gasteiger partial charge in [0.25, 0.3) is 5.91 Å². The normalized spacial score (nSPS) is 13.2. The molecule has 146 valence electrons. The van der Waals surface area contributed by atoms with Crippen LogP contribution in [0.25, 0.3) is 22.5 Å². The fourth-order valence-electron chi connectivity index (χ4n) is 2.62. The van der Waals surface area contributed by atoms with E-state index in [0.29, 0.717) is 6.54 Å². The third kappa shape index (κ3) is 4.39. The molecule has 1 aliphatic rings. The average molecular weight is 409 g/mol. The lowest BCUT2D eigenvalue weighted by Gasteiger charge is -2.10. The van der Waals surface area contributed by atoms with Crippen LogP contribution in [0.15, 0.2) is 41.2 Å². The highest BCUT2D eigenvalue weighted by Gasteiger charge is 2.38. The lowest BCUT2D eigenvalue weighted by Crippen LogP contribution is -2.31. The second kappa shape index (κ2) is 7.85. The quantitative estimate of drug-likeness (QED) is 0.601. The van der Waals surface area contributed by atoms with Crippen LogP contribution in [0, 0.1) is 0 Å². The predicted octanol–water partition coefficient (Wildman–Crippen LogP) is 3.72. The smallest absolute Gasteiger partial charge is 0.475 e. The number of H-pyrrole nitrogens is 1. The Balaban J connectivity index is 0.000000279. The third-order valence-electron chi connectivity index (χ3n) is 3.93. The molecule has 0 saturated carbocycles. The monoisotopic (exact) mass is 409 g/mol. The first-order chi connectivity index (χ1) is 13.3. The van der Waals surface area contributed by atoms with Gasteiger partial charge in [0.1, 0.15) is 0 Å². The molecule has 1 aliphatic heterocycles. The van der Waals surface area contributed by atoms with Crippen molar-refractivity contribution in [3.8, 4) is 22.5 Å². The molecule has 0 aliphatic carbocycles. The molecule has 0 bridgehead atoms. The number of nitrogens with zero attached hydrogens (tertiary/aromatic N) is 1. The molecule has 0 spiro atoms. The topological polar surface area (TPSA) is 95.1 Å². The second-order valence-electron chi connectivity index (χ2n) is 5.83. The first-order valence-corrected chi connectivity index (χ1v) is 8.99. The molecular weight excluding hydrogens is 395 g/mol. The maximum atomic E-state index is 11.8. The maximum absolute atomic E-state index is 11.8. The molecule has 3 N–H and O–H groups in total. The Labute approximate surface area is 161 Å². The molecule has 4 heterocycles. The highest BCUT2D eigenvalue weighted by molar-refractivity contribution is 7.08. The van der Waals surface area contributed by atoms with Crippen LogP contribution >= 0.6 is 11.3 Å². The number of pyridine rings is 1. The number of carbonyl (C=O) groups excluding carboxylic acids is 1. The van der Waals surface area contributed by atoms with Crippen molar-refractivity contribution in [2.24, 2.45) is 0 Å². The van der Waals surface area contributed by atoms with Crippen LogP contribution in [-0.4, -0.2) is 39.7 Å². The van der Waals surface area contributed by atoms with Gasteiger partial charge in [-0.15, -0.1) is 0 Å². The van der Waals surface area contributed by atoms with Crippen molar-refractivity contribution >= 4 is 23.2 Å². The lowest BCUT2D eigenvalue weighted by atomic mass is 10.1. The zero-order valence-electron chi connectivity index (χ0n) is 14.2. The summed E-state index contributed by atoms with van der Waals surface area (Å²) in [7, 11) is 0. The summed E-state index contributed by atoms with van der Waals surface area (Å²) in [6.07, 6.45) is -2.42. The second-order valence-corrected chi connectivity index (χ2v) is 6.61. The summed E-state index contributed by atoms with van der Waals surface area (Å²) in [5, 5.41) is 14.1. The van der Waals surface area contributed by atoms with Gasteiger partial charge in [-0.05, 0) is 29.6 Å². The molecule has 0 aromatic carbocycles. The van der Waals surface area contributed by atoms with Gasteiger partial charge in [0.15, 0.2) is 0 Å². The minimum atomic E-state index is -5.08. The summed E-state index contributed by atoms with van der Waals surface area (Å²) < 4.78 is 31.7. The van der Waals surface area contributed by atoms with Gasteiger partial charge in [-0.3, -0.25) is 9.78 Å². The van der Waals surface area contributed by atoms with E-state index in [4.69, 9.17) is 9.90 Å². The van der Waals surface area contributed by atoms with Gasteiger partial charge in [0.2, 0.25) is 0 Å². The number of amides is 1. The molecule has 0 atom stereocenters. The van der Waals surface area contributed by atoms with Crippen LogP contribution in [0.4, 0.5) is 13.2 Å². The number of carboxylic acid groups (broad SMARTS) is 1. The summed E-state index contributed by atoms with van der Waals surface area (Å²) in [5.41, 5.74) is 5.86. The molecule has 4 rings (SSSR count). The number of aromatic amines is 1. The number of hydrogen-bond acceptors (Lipinski definition) is 4. The molecule has 28 heavy (non-hydrogen) atoms. The van der Waals surface area contributed by atoms with Crippen molar-refractivity contribution in [2.45, 2.75) is 12.6 Å². The minimum absolute atomic E-state index is 0.00543. The Bertz CT molecular complexity index is 997. The van der Waals surface area contributed by atoms with Gasteiger partial charge in [-0.25, -0.2) is 4.79 Å². The number of carbonyl (C=O) groups is 2. The molecule has 10 heteroatoms. The van der Waals surface area contributed by atoms with Crippen LogP contribution in [0.3, 0.4) is 0 Å². The Morgan fingerprint density at radius 3 is 2.57 bits per heavy atom. The highest BCUT2D eigenvalue weighted by atomic mass is 32.1. The van der Waals surface area contributed by atoms with Gasteiger partial charge in [-0.1, -0.05) is 0 Å². The summed E-state index contributed by atoms with van der Waals surface area (Å²) in [4.78, 5) is 28.5. The Kier molecular flexibility index (Phi) is 5.50. The largest absolute Gasteiger partial charge is 0.490 e. The van der Waals surface area contributed by atoms with E-state index in [-0.39, 0.29) is 5.91 Å². The van der Waals surface area contributed by atoms with Crippen LogP contribution in [0.1, 0.15) is 16.1 Å². The van der Waals surface area contributed by atoms with Gasteiger partial charge in [-0.2, -0.15) is 24.5 Å². The number of thiophene rings is 1. The van der Waals surface area contributed by atoms with Crippen LogP contribution in [0.2, 0.25) is 0 Å². The minimum Gasteiger partial charge on any atom is -0.475 e. The standard InChI is InChI=1S/C16H13N3OS.C2HF3O2/c20-16-12-8-15(19-13(12)2-5-18-16)10-1-4-17-14(7-10)11-3-6-21-9-11;3-2(4,5)1(6)7/h1,3-4,6-9,19H,2,5H2,(H,18,20);(H,6,7). The highest BCUT2D eigenvalue weighted by Crippen LogP contribution is 2.27. The van der Waals surface area contributed by atoms with E-state index in [1.165, 1.54) is 0 Å². The number of alkyl halides is 3. The fraction of sp³-hybridized carbons (Fsp3) is 0.167. The van der Waals surface area contributed by atoms with Crippen molar-refractivity contribution in [1.82, 2.24) is 15.3 Å². The third-order valence-corrected chi connectivity index (χ3v) is 4.62. The Morgan fingerprint density at radius 1 is 1.21 bits per heavy atom. The molecular formula is C18H14F3N3O3S. The fourth-order valence-corrected chi connectivity index (χ4v) is 3.26. The van der Waals surface area contributed by atoms with E-state index >= 15 is 0 Å². The van der Waals surface area contributed by atoms with Crippen molar-refractivity contribution in [3.63, 3.8) is 0 Å². The Hall–Kier alpha value is -3.14. The van der Waals surface area contributed by atoms with Gasteiger partial charge in [0.05, 0.1) is 11.3 Å². The zero-order valence-corrected chi connectivity index (χ0v) is 15.0. The number of aliphatic carboxylic acids is 1. The number of fused-ring (bicyclic) bond motifs is 1. The van der Waals surface area contributed by atoms with Gasteiger partial charge < -0.3 is 15.4 Å². The average Bonchev–Trinajstić information content (AvgIpc) is 3.32. The van der Waals surface area contributed by atoms with E-state index in [1.54, 1.807) is 11.3 Å². The zero-order chi connectivity index (χ0) is 20.3. The van der Waals surface area contributed by atoms with E-state index in [1.807, 2.05) is 23.7 Å². The van der Waals surface area contributed by atoms with Crippen molar-refractivity contribution in [2.75, 3.05) is 6.54 Å². The van der Waals surface area contributed by atoms with Crippen LogP contribution < -0.4 is 5.32 Å². The number of halogens is 3. The molecule has 1 amide bonds. The van der Waals surface area contributed by atoms with Gasteiger partial charge in [0, 0.05) is 47.1 Å². The molecule has 0 fully saturated rings. The van der Waals surface area contributed by atoms with Crippen molar-refractivity contribution < 1.29 is 27.9 Å². The number of rotatable bonds is 2. The van der Waals surface area contributed by atoms with E-state index in [2.05, 4.69) is 32.8 Å². The molecule has 0 unspecified atom stereocenters. The van der Waals surface area contributed by atoms with E-state index < -0.39 is 12.1 Å². The first-order valence-electron chi connectivity index (χ1n) is 8.05. The summed E-state index contributed by atoms with van der Waals surface area (Å²) >= 11 is 1.66. The number of aromatic nitrogens is 2. The SMILES string of the molecule is O=C(O)C(F)(F)F.O=C1NCCc2[nH]c(-c3ccnc(-c4ccsc4)c3)cc21.